The molecule has 1 N–H and O–H groups in total. The van der Waals surface area contributed by atoms with Crippen molar-refractivity contribution in [2.75, 3.05) is 6.54 Å². The molecular weight excluding hydrogens is 188 g/mol. The van der Waals surface area contributed by atoms with Crippen molar-refractivity contribution in [2.45, 2.75) is 33.7 Å². The second-order valence-electron chi connectivity index (χ2n) is 4.50. The standard InChI is InChI=1S/C12H18N2O/c1-4-12(2,3)9-14-8-11-6-5-10(7-13)15-11/h5-6,14H,4,8-9H2,1-3H3. The first-order valence-corrected chi connectivity index (χ1v) is 5.27. The van der Waals surface area contributed by atoms with Crippen molar-refractivity contribution in [3.05, 3.63) is 23.7 Å². The Morgan fingerprint density at radius 3 is 2.73 bits per heavy atom. The molecule has 0 unspecified atom stereocenters. The Hall–Kier alpha value is -1.27. The molecule has 15 heavy (non-hydrogen) atoms. The molecule has 1 aromatic heterocycles. The Morgan fingerprint density at radius 1 is 1.47 bits per heavy atom. The van der Waals surface area contributed by atoms with Crippen LogP contribution >= 0.6 is 0 Å². The second-order valence-corrected chi connectivity index (χ2v) is 4.50. The molecule has 1 rings (SSSR count). The molecule has 1 aromatic rings. The minimum atomic E-state index is 0.310. The van der Waals surface area contributed by atoms with Crippen LogP contribution in [0.4, 0.5) is 0 Å². The van der Waals surface area contributed by atoms with Gasteiger partial charge in [-0.2, -0.15) is 5.26 Å². The van der Waals surface area contributed by atoms with Gasteiger partial charge in [-0.05, 0) is 24.0 Å². The second kappa shape index (κ2) is 4.99. The lowest BCUT2D eigenvalue weighted by atomic mass is 9.90. The highest BCUT2D eigenvalue weighted by Crippen LogP contribution is 2.18. The minimum absolute atomic E-state index is 0.310. The van der Waals surface area contributed by atoms with E-state index in [4.69, 9.17) is 9.68 Å². The molecule has 0 saturated heterocycles. The highest BCUT2D eigenvalue weighted by Gasteiger charge is 2.14. The summed E-state index contributed by atoms with van der Waals surface area (Å²) in [6.45, 7) is 8.27. The molecule has 0 fully saturated rings. The zero-order chi connectivity index (χ0) is 11.3. The Labute approximate surface area is 91.1 Å². The topological polar surface area (TPSA) is 49.0 Å². The molecule has 0 aliphatic heterocycles. The molecule has 0 aromatic carbocycles. The average Bonchev–Trinajstić information content (AvgIpc) is 2.66. The summed E-state index contributed by atoms with van der Waals surface area (Å²) in [7, 11) is 0. The molecule has 82 valence electrons. The van der Waals surface area contributed by atoms with E-state index < -0.39 is 0 Å². The molecular formula is C12H18N2O. The van der Waals surface area contributed by atoms with Crippen molar-refractivity contribution >= 4 is 0 Å². The number of nitriles is 1. The normalized spacial score (nSPS) is 11.3. The maximum Gasteiger partial charge on any atom is 0.203 e. The van der Waals surface area contributed by atoms with Crippen LogP contribution in [0.3, 0.4) is 0 Å². The summed E-state index contributed by atoms with van der Waals surface area (Å²) < 4.78 is 5.26. The number of hydrogen-bond donors (Lipinski definition) is 1. The molecule has 0 aliphatic rings. The quantitative estimate of drug-likeness (QED) is 0.805. The van der Waals surface area contributed by atoms with Crippen molar-refractivity contribution in [1.29, 1.82) is 5.26 Å². The Kier molecular flexibility index (Phi) is 3.93. The zero-order valence-electron chi connectivity index (χ0n) is 9.63. The summed E-state index contributed by atoms with van der Waals surface area (Å²) in [5.74, 6) is 1.19. The van der Waals surface area contributed by atoms with Gasteiger partial charge in [-0.15, -0.1) is 0 Å². The molecule has 1 heterocycles. The molecule has 0 aliphatic carbocycles. The predicted molar refractivity (Wildman–Crippen MR) is 59.2 cm³/mol. The van der Waals surface area contributed by atoms with E-state index in [1.54, 1.807) is 6.07 Å². The van der Waals surface area contributed by atoms with Crippen LogP contribution in [-0.2, 0) is 6.54 Å². The van der Waals surface area contributed by atoms with Crippen LogP contribution in [-0.4, -0.2) is 6.54 Å². The van der Waals surface area contributed by atoms with Crippen LogP contribution < -0.4 is 5.32 Å². The third kappa shape index (κ3) is 3.77. The number of nitrogens with one attached hydrogen (secondary N) is 1. The van der Waals surface area contributed by atoms with Crippen LogP contribution in [0.2, 0.25) is 0 Å². The molecule has 3 nitrogen and oxygen atoms in total. The smallest absolute Gasteiger partial charge is 0.203 e. The molecule has 0 atom stereocenters. The van der Waals surface area contributed by atoms with Crippen molar-refractivity contribution in [2.24, 2.45) is 5.41 Å². The number of nitrogens with zero attached hydrogens (tertiary/aromatic N) is 1. The Morgan fingerprint density at radius 2 is 2.20 bits per heavy atom. The van der Waals surface area contributed by atoms with Crippen molar-refractivity contribution in [3.8, 4) is 6.07 Å². The van der Waals surface area contributed by atoms with Gasteiger partial charge in [0.15, 0.2) is 0 Å². The van der Waals surface area contributed by atoms with E-state index in [1.807, 2.05) is 12.1 Å². The molecule has 0 bridgehead atoms. The first-order chi connectivity index (χ1) is 7.07. The fraction of sp³-hybridized carbons (Fsp3) is 0.583. The van der Waals surface area contributed by atoms with E-state index in [0.29, 0.717) is 17.7 Å². The van der Waals surface area contributed by atoms with Gasteiger partial charge in [0.25, 0.3) is 0 Å². The van der Waals surface area contributed by atoms with E-state index >= 15 is 0 Å². The zero-order valence-corrected chi connectivity index (χ0v) is 9.63. The van der Waals surface area contributed by atoms with Gasteiger partial charge in [0.2, 0.25) is 5.76 Å². The predicted octanol–water partition coefficient (Wildman–Crippen LogP) is 2.68. The van der Waals surface area contributed by atoms with E-state index in [9.17, 15) is 0 Å². The van der Waals surface area contributed by atoms with E-state index in [-0.39, 0.29) is 0 Å². The van der Waals surface area contributed by atoms with Gasteiger partial charge in [0, 0.05) is 6.54 Å². The van der Waals surface area contributed by atoms with Crippen molar-refractivity contribution in [3.63, 3.8) is 0 Å². The van der Waals surface area contributed by atoms with E-state index in [1.165, 1.54) is 0 Å². The van der Waals surface area contributed by atoms with E-state index in [2.05, 4.69) is 26.1 Å². The first kappa shape index (κ1) is 11.8. The summed E-state index contributed by atoms with van der Waals surface area (Å²) >= 11 is 0. The van der Waals surface area contributed by atoms with Gasteiger partial charge in [-0.1, -0.05) is 20.8 Å². The first-order valence-electron chi connectivity index (χ1n) is 5.27. The highest BCUT2D eigenvalue weighted by molar-refractivity contribution is 5.18. The van der Waals surface area contributed by atoms with Crippen molar-refractivity contribution < 1.29 is 4.42 Å². The third-order valence-corrected chi connectivity index (χ3v) is 2.63. The van der Waals surface area contributed by atoms with Gasteiger partial charge >= 0.3 is 0 Å². The van der Waals surface area contributed by atoms with E-state index in [0.717, 1.165) is 18.7 Å². The molecule has 0 saturated carbocycles. The van der Waals surface area contributed by atoms with Crippen LogP contribution in [0, 0.1) is 16.7 Å². The summed E-state index contributed by atoms with van der Waals surface area (Å²) in [5, 5.41) is 11.9. The van der Waals surface area contributed by atoms with Crippen LogP contribution in [0.15, 0.2) is 16.5 Å². The number of rotatable bonds is 5. The minimum Gasteiger partial charge on any atom is -0.449 e. The summed E-state index contributed by atoms with van der Waals surface area (Å²) in [6.07, 6.45) is 1.14. The SMILES string of the molecule is CCC(C)(C)CNCc1ccc(C#N)o1. The molecule has 0 spiro atoms. The van der Waals surface area contributed by atoms with Gasteiger partial charge in [0.1, 0.15) is 11.8 Å². The monoisotopic (exact) mass is 206 g/mol. The van der Waals surface area contributed by atoms with Gasteiger partial charge in [-0.25, -0.2) is 0 Å². The lowest BCUT2D eigenvalue weighted by molar-refractivity contribution is 0.320. The van der Waals surface area contributed by atoms with Crippen LogP contribution in [0.25, 0.3) is 0 Å². The maximum atomic E-state index is 8.58. The molecule has 3 heteroatoms. The fourth-order valence-corrected chi connectivity index (χ4v) is 1.18. The van der Waals surface area contributed by atoms with Crippen LogP contribution in [0.5, 0.6) is 0 Å². The van der Waals surface area contributed by atoms with Crippen molar-refractivity contribution in [1.82, 2.24) is 5.32 Å². The van der Waals surface area contributed by atoms with Gasteiger partial charge in [0.05, 0.1) is 6.54 Å². The molecule has 0 amide bonds. The summed E-state index contributed by atoms with van der Waals surface area (Å²) in [4.78, 5) is 0. The largest absolute Gasteiger partial charge is 0.449 e. The molecule has 0 radical (unpaired) electrons. The maximum absolute atomic E-state index is 8.58. The third-order valence-electron chi connectivity index (χ3n) is 2.63. The lowest BCUT2D eigenvalue weighted by Crippen LogP contribution is -2.28. The fourth-order valence-electron chi connectivity index (χ4n) is 1.18. The summed E-state index contributed by atoms with van der Waals surface area (Å²) in [6, 6.07) is 5.50. The lowest BCUT2D eigenvalue weighted by Gasteiger charge is -2.22. The van der Waals surface area contributed by atoms with Gasteiger partial charge in [-0.3, -0.25) is 0 Å². The van der Waals surface area contributed by atoms with Crippen LogP contribution in [0.1, 0.15) is 38.7 Å². The Balaban J connectivity index is 2.35. The van der Waals surface area contributed by atoms with Gasteiger partial charge < -0.3 is 9.73 Å². The number of hydrogen-bond acceptors (Lipinski definition) is 3. The number of furan rings is 1. The highest BCUT2D eigenvalue weighted by atomic mass is 16.3. The Bertz CT molecular complexity index is 347. The average molecular weight is 206 g/mol. The summed E-state index contributed by atoms with van der Waals surface area (Å²) in [5.41, 5.74) is 0.310.